The minimum Gasteiger partial charge on any atom is -0.348 e. The smallest absolute Gasteiger partial charge is 0.348 e. The van der Waals surface area contributed by atoms with Crippen molar-refractivity contribution < 1.29 is 13.2 Å². The number of aromatic nitrogens is 1. The Balaban J connectivity index is 1.95. The summed E-state index contributed by atoms with van der Waals surface area (Å²) in [6.07, 6.45) is -0.895. The van der Waals surface area contributed by atoms with Crippen LogP contribution in [0.1, 0.15) is 17.7 Å². The monoisotopic (exact) mass is 249 g/mol. The summed E-state index contributed by atoms with van der Waals surface area (Å²) in [7, 11) is 0. The Hall–Kier alpha value is -0.780. The Morgan fingerprint density at radius 3 is 2.44 bits per heavy atom. The van der Waals surface area contributed by atoms with E-state index in [1.807, 2.05) is 11.8 Å². The van der Waals surface area contributed by atoms with E-state index in [0.29, 0.717) is 13.1 Å². The SMILES string of the molecule is Cc1[c]nc(N2CCC(C(F)(F)F)CC2)s1. The van der Waals surface area contributed by atoms with Gasteiger partial charge in [-0.05, 0) is 19.8 Å². The van der Waals surface area contributed by atoms with Crippen molar-refractivity contribution in [1.82, 2.24) is 4.98 Å². The second kappa shape index (κ2) is 4.24. The fourth-order valence-corrected chi connectivity index (χ4v) is 2.61. The minimum absolute atomic E-state index is 0.169. The highest BCUT2D eigenvalue weighted by Gasteiger charge is 2.41. The third kappa shape index (κ3) is 2.48. The van der Waals surface area contributed by atoms with Crippen LogP contribution in [0.4, 0.5) is 18.3 Å². The Morgan fingerprint density at radius 2 is 2.00 bits per heavy atom. The molecule has 16 heavy (non-hydrogen) atoms. The van der Waals surface area contributed by atoms with E-state index in [4.69, 9.17) is 0 Å². The fourth-order valence-electron chi connectivity index (χ4n) is 1.84. The maximum absolute atomic E-state index is 12.4. The zero-order chi connectivity index (χ0) is 11.8. The van der Waals surface area contributed by atoms with Gasteiger partial charge in [-0.15, -0.1) is 11.3 Å². The summed E-state index contributed by atoms with van der Waals surface area (Å²) in [5, 5.41) is 0.790. The van der Waals surface area contributed by atoms with Crippen LogP contribution in [-0.2, 0) is 0 Å². The zero-order valence-corrected chi connectivity index (χ0v) is 9.66. The highest BCUT2D eigenvalue weighted by molar-refractivity contribution is 7.15. The van der Waals surface area contributed by atoms with Gasteiger partial charge in [-0.2, -0.15) is 13.2 Å². The lowest BCUT2D eigenvalue weighted by Gasteiger charge is -2.32. The van der Waals surface area contributed by atoms with E-state index in [1.54, 1.807) is 0 Å². The molecule has 0 aliphatic carbocycles. The normalized spacial score (nSPS) is 19.1. The molecule has 2 nitrogen and oxygen atoms in total. The van der Waals surface area contributed by atoms with Crippen LogP contribution in [0, 0.1) is 19.0 Å². The molecular formula is C10H12F3N2S. The second-order valence-electron chi connectivity index (χ2n) is 3.97. The van der Waals surface area contributed by atoms with Gasteiger partial charge >= 0.3 is 6.18 Å². The molecule has 6 heteroatoms. The zero-order valence-electron chi connectivity index (χ0n) is 8.84. The van der Waals surface area contributed by atoms with Crippen molar-refractivity contribution in [3.8, 4) is 0 Å². The van der Waals surface area contributed by atoms with Crippen LogP contribution in [0.5, 0.6) is 0 Å². The summed E-state index contributed by atoms with van der Waals surface area (Å²) in [6, 6.07) is 0. The molecule has 1 radical (unpaired) electrons. The standard InChI is InChI=1S/C10H12F3N2S/c1-7-6-14-9(16-7)15-4-2-8(3-5-15)10(11,12)13/h8H,2-5H2,1H3. The molecule has 0 spiro atoms. The van der Waals surface area contributed by atoms with E-state index in [1.165, 1.54) is 11.3 Å². The van der Waals surface area contributed by atoms with Crippen LogP contribution in [0.3, 0.4) is 0 Å². The van der Waals surface area contributed by atoms with Gasteiger partial charge in [-0.3, -0.25) is 0 Å². The molecular weight excluding hydrogens is 237 g/mol. The number of nitrogens with zero attached hydrogens (tertiary/aromatic N) is 2. The van der Waals surface area contributed by atoms with E-state index in [9.17, 15) is 13.2 Å². The molecule has 2 heterocycles. The summed E-state index contributed by atoms with van der Waals surface area (Å²) < 4.78 is 37.3. The number of thiazole rings is 1. The quantitative estimate of drug-likeness (QED) is 0.760. The molecule has 2 rings (SSSR count). The predicted octanol–water partition coefficient (Wildman–Crippen LogP) is 3.03. The van der Waals surface area contributed by atoms with E-state index >= 15 is 0 Å². The van der Waals surface area contributed by atoms with Gasteiger partial charge in [0, 0.05) is 18.0 Å². The number of rotatable bonds is 1. The Labute approximate surface area is 96.1 Å². The lowest BCUT2D eigenvalue weighted by Crippen LogP contribution is -2.38. The van der Waals surface area contributed by atoms with Gasteiger partial charge in [0.2, 0.25) is 0 Å². The van der Waals surface area contributed by atoms with Crippen LogP contribution in [0.2, 0.25) is 0 Å². The maximum Gasteiger partial charge on any atom is 0.391 e. The number of halogens is 3. The predicted molar refractivity (Wildman–Crippen MR) is 56.7 cm³/mol. The van der Waals surface area contributed by atoms with Crippen LogP contribution in [-0.4, -0.2) is 24.2 Å². The van der Waals surface area contributed by atoms with Gasteiger partial charge in [0.05, 0.1) is 5.92 Å². The lowest BCUT2D eigenvalue weighted by molar-refractivity contribution is -0.179. The van der Waals surface area contributed by atoms with Gasteiger partial charge in [-0.1, -0.05) is 0 Å². The minimum atomic E-state index is -4.04. The van der Waals surface area contributed by atoms with Gasteiger partial charge < -0.3 is 4.90 Å². The Morgan fingerprint density at radius 1 is 1.38 bits per heavy atom. The van der Waals surface area contributed by atoms with Crippen molar-refractivity contribution in [2.45, 2.75) is 25.9 Å². The van der Waals surface area contributed by atoms with Crippen LogP contribution >= 0.6 is 11.3 Å². The summed E-state index contributed by atoms with van der Waals surface area (Å²) in [5.41, 5.74) is 0. The number of piperidine rings is 1. The van der Waals surface area contributed by atoms with E-state index < -0.39 is 12.1 Å². The van der Waals surface area contributed by atoms with Crippen molar-refractivity contribution in [1.29, 1.82) is 0 Å². The molecule has 1 aliphatic heterocycles. The van der Waals surface area contributed by atoms with Crippen molar-refractivity contribution in [2.75, 3.05) is 18.0 Å². The van der Waals surface area contributed by atoms with Crippen molar-refractivity contribution in [3.63, 3.8) is 0 Å². The number of aryl methyl sites for hydroxylation is 1. The molecule has 0 unspecified atom stereocenters. The van der Waals surface area contributed by atoms with Gasteiger partial charge in [0.1, 0.15) is 6.20 Å². The summed E-state index contributed by atoms with van der Waals surface area (Å²) in [6.45, 7) is 2.76. The second-order valence-corrected chi connectivity index (χ2v) is 5.15. The molecule has 0 aromatic carbocycles. The third-order valence-electron chi connectivity index (χ3n) is 2.78. The number of hydrogen-bond acceptors (Lipinski definition) is 3. The van der Waals surface area contributed by atoms with Crippen molar-refractivity contribution in [3.05, 3.63) is 11.1 Å². The lowest BCUT2D eigenvalue weighted by atomic mass is 9.97. The average Bonchev–Trinajstić information content (AvgIpc) is 2.64. The molecule has 1 aromatic heterocycles. The van der Waals surface area contributed by atoms with Crippen LogP contribution < -0.4 is 4.90 Å². The topological polar surface area (TPSA) is 16.1 Å². The molecule has 0 atom stereocenters. The molecule has 0 saturated carbocycles. The third-order valence-corrected chi connectivity index (χ3v) is 3.71. The molecule has 1 aromatic rings. The van der Waals surface area contributed by atoms with E-state index in [2.05, 4.69) is 11.2 Å². The Kier molecular flexibility index (Phi) is 3.10. The van der Waals surface area contributed by atoms with Gasteiger partial charge in [0.25, 0.3) is 0 Å². The fraction of sp³-hybridized carbons (Fsp3) is 0.700. The van der Waals surface area contributed by atoms with Crippen molar-refractivity contribution >= 4 is 16.5 Å². The molecule has 1 aliphatic rings. The molecule has 0 N–H and O–H groups in total. The van der Waals surface area contributed by atoms with Gasteiger partial charge in [-0.25, -0.2) is 4.98 Å². The number of anilines is 1. The molecule has 89 valence electrons. The highest BCUT2D eigenvalue weighted by Crippen LogP contribution is 2.35. The average molecular weight is 249 g/mol. The molecule has 1 saturated heterocycles. The summed E-state index contributed by atoms with van der Waals surface area (Å²) in [4.78, 5) is 6.94. The van der Waals surface area contributed by atoms with E-state index in [0.717, 1.165) is 10.0 Å². The number of hydrogen-bond donors (Lipinski definition) is 0. The van der Waals surface area contributed by atoms with E-state index in [-0.39, 0.29) is 12.8 Å². The molecule has 1 fully saturated rings. The van der Waals surface area contributed by atoms with Gasteiger partial charge in [0.15, 0.2) is 5.13 Å². The molecule has 0 amide bonds. The van der Waals surface area contributed by atoms with Crippen LogP contribution in [0.25, 0.3) is 0 Å². The first-order valence-electron chi connectivity index (χ1n) is 5.13. The first kappa shape index (κ1) is 11.7. The first-order chi connectivity index (χ1) is 7.47. The Bertz CT molecular complexity index is 353. The maximum atomic E-state index is 12.4. The first-order valence-corrected chi connectivity index (χ1v) is 5.95. The number of alkyl halides is 3. The highest BCUT2D eigenvalue weighted by atomic mass is 32.1. The van der Waals surface area contributed by atoms with Crippen molar-refractivity contribution in [2.24, 2.45) is 5.92 Å². The largest absolute Gasteiger partial charge is 0.391 e. The summed E-state index contributed by atoms with van der Waals surface area (Å²) >= 11 is 1.48. The molecule has 0 bridgehead atoms. The van der Waals surface area contributed by atoms with Crippen LogP contribution in [0.15, 0.2) is 0 Å². The summed E-state index contributed by atoms with van der Waals surface area (Å²) in [5.74, 6) is -1.14.